The lowest BCUT2D eigenvalue weighted by Gasteiger charge is -2.20. The molecule has 110 valence electrons. The minimum absolute atomic E-state index is 0.0171. The van der Waals surface area contributed by atoms with Crippen LogP contribution in [-0.4, -0.2) is 36.0 Å². The zero-order valence-corrected chi connectivity index (χ0v) is 11.9. The van der Waals surface area contributed by atoms with Crippen LogP contribution < -0.4 is 10.6 Å². The van der Waals surface area contributed by atoms with Crippen LogP contribution in [0.3, 0.4) is 0 Å². The average molecular weight is 272 g/mol. The third-order valence-electron chi connectivity index (χ3n) is 3.01. The molecule has 0 heterocycles. The fourth-order valence-electron chi connectivity index (χ4n) is 1.78. The van der Waals surface area contributed by atoms with E-state index in [1.807, 2.05) is 13.8 Å². The molecule has 0 bridgehead atoms. The number of carbonyl (C=O) groups is 3. The molecule has 0 aromatic carbocycles. The highest BCUT2D eigenvalue weighted by Crippen LogP contribution is 2.20. The fraction of sp³-hybridized carbons (Fsp3) is 0.769. The lowest BCUT2D eigenvalue weighted by molar-refractivity contribution is -0.137. The average Bonchev–Trinajstić information content (AvgIpc) is 2.30. The van der Waals surface area contributed by atoms with Crippen molar-refractivity contribution in [2.45, 2.75) is 40.0 Å². The van der Waals surface area contributed by atoms with Crippen LogP contribution >= 0.6 is 0 Å². The molecule has 2 amide bonds. The topological polar surface area (TPSA) is 95.5 Å². The highest BCUT2D eigenvalue weighted by atomic mass is 16.4. The Balaban J connectivity index is 3.89. The van der Waals surface area contributed by atoms with E-state index in [1.54, 1.807) is 0 Å². The number of carboxylic acid groups (broad SMARTS) is 1. The summed E-state index contributed by atoms with van der Waals surface area (Å²) in [6.45, 7) is 5.93. The van der Waals surface area contributed by atoms with Crippen LogP contribution in [-0.2, 0) is 14.4 Å². The van der Waals surface area contributed by atoms with Gasteiger partial charge in [-0.05, 0) is 24.7 Å². The second-order valence-corrected chi connectivity index (χ2v) is 4.98. The Hall–Kier alpha value is -1.59. The summed E-state index contributed by atoms with van der Waals surface area (Å²) in [7, 11) is 0. The van der Waals surface area contributed by atoms with Gasteiger partial charge in [0.25, 0.3) is 0 Å². The van der Waals surface area contributed by atoms with Gasteiger partial charge in [0.05, 0.1) is 6.54 Å². The van der Waals surface area contributed by atoms with Crippen LogP contribution in [0.5, 0.6) is 0 Å². The van der Waals surface area contributed by atoms with Gasteiger partial charge < -0.3 is 15.7 Å². The molecule has 0 saturated heterocycles. The smallest absolute Gasteiger partial charge is 0.303 e. The Morgan fingerprint density at radius 2 is 1.74 bits per heavy atom. The summed E-state index contributed by atoms with van der Waals surface area (Å²) in [5, 5.41) is 13.8. The van der Waals surface area contributed by atoms with Crippen LogP contribution in [0.15, 0.2) is 0 Å². The molecule has 0 aliphatic carbocycles. The summed E-state index contributed by atoms with van der Waals surface area (Å²) in [4.78, 5) is 32.5. The molecule has 0 aromatic rings. The van der Waals surface area contributed by atoms with Gasteiger partial charge in [-0.2, -0.15) is 0 Å². The van der Waals surface area contributed by atoms with Gasteiger partial charge in [0.1, 0.15) is 0 Å². The Morgan fingerprint density at radius 3 is 2.21 bits per heavy atom. The van der Waals surface area contributed by atoms with Crippen molar-refractivity contribution in [2.75, 3.05) is 13.1 Å². The maximum atomic E-state index is 11.3. The molecule has 6 heteroatoms. The molecule has 0 saturated carbocycles. The highest BCUT2D eigenvalue weighted by molar-refractivity contribution is 5.83. The molecule has 0 aliphatic heterocycles. The Kier molecular flexibility index (Phi) is 8.57. The van der Waals surface area contributed by atoms with Gasteiger partial charge in [0.2, 0.25) is 11.8 Å². The maximum absolute atomic E-state index is 11.3. The van der Waals surface area contributed by atoms with Crippen molar-refractivity contribution >= 4 is 17.8 Å². The first-order valence-corrected chi connectivity index (χ1v) is 6.55. The van der Waals surface area contributed by atoms with E-state index in [-0.39, 0.29) is 30.7 Å². The van der Waals surface area contributed by atoms with Crippen molar-refractivity contribution in [1.82, 2.24) is 10.6 Å². The number of nitrogens with one attached hydrogen (secondary N) is 2. The second-order valence-electron chi connectivity index (χ2n) is 4.98. The lowest BCUT2D eigenvalue weighted by atomic mass is 9.88. The number of carbonyl (C=O) groups excluding carboxylic acids is 2. The fourth-order valence-corrected chi connectivity index (χ4v) is 1.78. The van der Waals surface area contributed by atoms with Crippen LogP contribution in [0.25, 0.3) is 0 Å². The molecular weight excluding hydrogens is 248 g/mol. The van der Waals surface area contributed by atoms with Gasteiger partial charge in [-0.25, -0.2) is 0 Å². The van der Waals surface area contributed by atoms with Crippen molar-refractivity contribution in [3.8, 4) is 0 Å². The standard InChI is InChI=1S/C13H24N2O4/c1-9(2)11(4-5-13(18)19)6-7-14-12(17)8-15-10(3)16/h9,11H,4-8H2,1-3H3,(H,14,17)(H,15,16)(H,18,19). The van der Waals surface area contributed by atoms with Gasteiger partial charge in [-0.15, -0.1) is 0 Å². The van der Waals surface area contributed by atoms with Crippen molar-refractivity contribution in [2.24, 2.45) is 11.8 Å². The van der Waals surface area contributed by atoms with Gasteiger partial charge in [0.15, 0.2) is 0 Å². The largest absolute Gasteiger partial charge is 0.481 e. The second kappa shape index (κ2) is 9.35. The maximum Gasteiger partial charge on any atom is 0.303 e. The summed E-state index contributed by atoms with van der Waals surface area (Å²) in [6.07, 6.45) is 1.52. The summed E-state index contributed by atoms with van der Waals surface area (Å²) >= 11 is 0. The molecule has 6 nitrogen and oxygen atoms in total. The van der Waals surface area contributed by atoms with Crippen LogP contribution in [0.1, 0.15) is 40.0 Å². The number of carboxylic acids is 1. The molecular formula is C13H24N2O4. The van der Waals surface area contributed by atoms with Crippen molar-refractivity contribution in [1.29, 1.82) is 0 Å². The van der Waals surface area contributed by atoms with Gasteiger partial charge in [-0.3, -0.25) is 14.4 Å². The zero-order chi connectivity index (χ0) is 14.8. The van der Waals surface area contributed by atoms with E-state index in [0.717, 1.165) is 6.42 Å². The van der Waals surface area contributed by atoms with Crippen molar-refractivity contribution < 1.29 is 19.5 Å². The molecule has 0 aliphatic rings. The van der Waals surface area contributed by atoms with E-state index in [1.165, 1.54) is 6.92 Å². The predicted octanol–water partition coefficient (Wildman–Crippen LogP) is 0.766. The Labute approximate surface area is 113 Å². The van der Waals surface area contributed by atoms with E-state index in [4.69, 9.17) is 5.11 Å². The molecule has 1 atom stereocenters. The number of amides is 2. The number of rotatable bonds is 9. The summed E-state index contributed by atoms with van der Waals surface area (Å²) in [5.74, 6) is -0.600. The van der Waals surface area contributed by atoms with Crippen molar-refractivity contribution in [3.05, 3.63) is 0 Å². The van der Waals surface area contributed by atoms with E-state index in [0.29, 0.717) is 18.9 Å². The molecule has 3 N–H and O–H groups in total. The Morgan fingerprint density at radius 1 is 1.11 bits per heavy atom. The third-order valence-corrected chi connectivity index (χ3v) is 3.01. The minimum Gasteiger partial charge on any atom is -0.481 e. The van der Waals surface area contributed by atoms with Gasteiger partial charge in [-0.1, -0.05) is 13.8 Å². The number of aliphatic carboxylic acids is 1. The van der Waals surface area contributed by atoms with E-state index in [9.17, 15) is 14.4 Å². The quantitative estimate of drug-likeness (QED) is 0.577. The van der Waals surface area contributed by atoms with Crippen LogP contribution in [0.4, 0.5) is 0 Å². The number of hydrogen-bond acceptors (Lipinski definition) is 3. The highest BCUT2D eigenvalue weighted by Gasteiger charge is 2.15. The first-order chi connectivity index (χ1) is 8.82. The van der Waals surface area contributed by atoms with Gasteiger partial charge in [0, 0.05) is 19.9 Å². The molecule has 0 aromatic heterocycles. The molecule has 0 spiro atoms. The minimum atomic E-state index is -0.791. The first kappa shape index (κ1) is 17.4. The van der Waals surface area contributed by atoms with Crippen molar-refractivity contribution in [3.63, 3.8) is 0 Å². The monoisotopic (exact) mass is 272 g/mol. The number of hydrogen-bond donors (Lipinski definition) is 3. The molecule has 0 radical (unpaired) electrons. The lowest BCUT2D eigenvalue weighted by Crippen LogP contribution is -2.37. The first-order valence-electron chi connectivity index (χ1n) is 6.55. The summed E-state index contributed by atoms with van der Waals surface area (Å²) in [6, 6.07) is 0. The molecule has 19 heavy (non-hydrogen) atoms. The molecule has 0 fully saturated rings. The van der Waals surface area contributed by atoms with E-state index in [2.05, 4.69) is 10.6 Å². The zero-order valence-electron chi connectivity index (χ0n) is 11.9. The third kappa shape index (κ3) is 10.1. The van der Waals surface area contributed by atoms with E-state index >= 15 is 0 Å². The normalized spacial score (nSPS) is 12.0. The molecule has 0 rings (SSSR count). The Bertz CT molecular complexity index is 316. The van der Waals surface area contributed by atoms with E-state index < -0.39 is 5.97 Å². The summed E-state index contributed by atoms with van der Waals surface area (Å²) < 4.78 is 0. The molecule has 1 unspecified atom stereocenters. The van der Waals surface area contributed by atoms with Crippen LogP contribution in [0, 0.1) is 11.8 Å². The summed E-state index contributed by atoms with van der Waals surface area (Å²) in [5.41, 5.74) is 0. The predicted molar refractivity (Wildman–Crippen MR) is 71.5 cm³/mol. The SMILES string of the molecule is CC(=O)NCC(=O)NCCC(CCC(=O)O)C(C)C. The van der Waals surface area contributed by atoms with Gasteiger partial charge >= 0.3 is 5.97 Å². The van der Waals surface area contributed by atoms with Crippen LogP contribution in [0.2, 0.25) is 0 Å².